The van der Waals surface area contributed by atoms with Crippen LogP contribution < -0.4 is 5.32 Å². The molecule has 68 valence electrons. The van der Waals surface area contributed by atoms with Gasteiger partial charge in [-0.2, -0.15) is 0 Å². The summed E-state index contributed by atoms with van der Waals surface area (Å²) in [5.41, 5.74) is -0.531. The summed E-state index contributed by atoms with van der Waals surface area (Å²) in [7, 11) is 0. The third-order valence-corrected chi connectivity index (χ3v) is 1.91. The lowest BCUT2D eigenvalue weighted by Crippen LogP contribution is -2.42. The molecule has 0 aromatic rings. The van der Waals surface area contributed by atoms with Crippen LogP contribution in [0.25, 0.3) is 0 Å². The zero-order valence-electron chi connectivity index (χ0n) is 8.15. The molecule has 0 aliphatic carbocycles. The third-order valence-electron chi connectivity index (χ3n) is 1.91. The highest BCUT2D eigenvalue weighted by molar-refractivity contribution is 4.87. The van der Waals surface area contributed by atoms with E-state index in [1.54, 1.807) is 0 Å². The Hall–Kier alpha value is -0.0800. The summed E-state index contributed by atoms with van der Waals surface area (Å²) >= 11 is 0. The lowest BCUT2D eigenvalue weighted by Gasteiger charge is -2.25. The Morgan fingerprint density at radius 3 is 2.09 bits per heavy atom. The summed E-state index contributed by atoms with van der Waals surface area (Å²) in [4.78, 5) is 0. The van der Waals surface area contributed by atoms with E-state index < -0.39 is 5.60 Å². The van der Waals surface area contributed by atoms with Crippen LogP contribution in [0.15, 0.2) is 0 Å². The fourth-order valence-electron chi connectivity index (χ4n) is 1.29. The number of nitrogens with one attached hydrogen (secondary N) is 1. The molecule has 0 bridgehead atoms. The molecule has 1 unspecified atom stereocenters. The SMILES string of the molecule is CC.CC(C)(O)C1CCCN1. The van der Waals surface area contributed by atoms with Gasteiger partial charge in [0.25, 0.3) is 0 Å². The summed E-state index contributed by atoms with van der Waals surface area (Å²) in [5, 5.41) is 12.7. The first-order valence-corrected chi connectivity index (χ1v) is 4.56. The predicted octanol–water partition coefficient (Wildman–Crippen LogP) is 1.54. The zero-order valence-corrected chi connectivity index (χ0v) is 8.15. The maximum atomic E-state index is 9.45. The van der Waals surface area contributed by atoms with Crippen molar-refractivity contribution in [1.82, 2.24) is 5.32 Å². The van der Waals surface area contributed by atoms with Gasteiger partial charge in [-0.15, -0.1) is 0 Å². The molecule has 2 N–H and O–H groups in total. The van der Waals surface area contributed by atoms with Crippen LogP contribution in [-0.4, -0.2) is 23.3 Å². The van der Waals surface area contributed by atoms with Gasteiger partial charge in [0.2, 0.25) is 0 Å². The molecule has 2 nitrogen and oxygen atoms in total. The van der Waals surface area contributed by atoms with E-state index in [0.29, 0.717) is 6.04 Å². The number of aliphatic hydroxyl groups is 1. The molecular weight excluding hydrogens is 138 g/mol. The lowest BCUT2D eigenvalue weighted by atomic mass is 9.98. The van der Waals surface area contributed by atoms with Crippen LogP contribution in [0, 0.1) is 0 Å². The van der Waals surface area contributed by atoms with Crippen LogP contribution in [0.3, 0.4) is 0 Å². The second kappa shape index (κ2) is 4.73. The molecule has 1 aliphatic rings. The summed E-state index contributed by atoms with van der Waals surface area (Å²) < 4.78 is 0. The van der Waals surface area contributed by atoms with E-state index in [4.69, 9.17) is 0 Å². The Morgan fingerprint density at radius 1 is 1.36 bits per heavy atom. The third kappa shape index (κ3) is 3.73. The molecule has 1 fully saturated rings. The van der Waals surface area contributed by atoms with Crippen molar-refractivity contribution in [3.63, 3.8) is 0 Å². The molecule has 0 spiro atoms. The summed E-state index contributed by atoms with van der Waals surface area (Å²) in [5.74, 6) is 0. The van der Waals surface area contributed by atoms with Gasteiger partial charge in [-0.05, 0) is 33.2 Å². The molecule has 0 amide bonds. The minimum Gasteiger partial charge on any atom is -0.389 e. The molecule has 1 aliphatic heterocycles. The van der Waals surface area contributed by atoms with E-state index in [9.17, 15) is 5.11 Å². The Kier molecular flexibility index (Phi) is 4.69. The minimum atomic E-state index is -0.531. The summed E-state index contributed by atoms with van der Waals surface area (Å²) in [6.45, 7) is 8.78. The predicted molar refractivity (Wildman–Crippen MR) is 48.7 cm³/mol. The maximum absolute atomic E-state index is 9.45. The average molecular weight is 159 g/mol. The van der Waals surface area contributed by atoms with Crippen LogP contribution in [0.5, 0.6) is 0 Å². The van der Waals surface area contributed by atoms with Gasteiger partial charge in [-0.1, -0.05) is 13.8 Å². The van der Waals surface area contributed by atoms with Gasteiger partial charge in [-0.3, -0.25) is 0 Å². The van der Waals surface area contributed by atoms with Crippen LogP contribution in [0.4, 0.5) is 0 Å². The van der Waals surface area contributed by atoms with E-state index in [1.807, 2.05) is 27.7 Å². The summed E-state index contributed by atoms with van der Waals surface area (Å²) in [6, 6.07) is 0.317. The monoisotopic (exact) mass is 159 g/mol. The van der Waals surface area contributed by atoms with Crippen molar-refractivity contribution < 1.29 is 5.11 Å². The largest absolute Gasteiger partial charge is 0.389 e. The molecule has 0 aromatic heterocycles. The van der Waals surface area contributed by atoms with Gasteiger partial charge in [0, 0.05) is 6.04 Å². The van der Waals surface area contributed by atoms with E-state index in [0.717, 1.165) is 13.0 Å². The molecule has 1 saturated heterocycles. The van der Waals surface area contributed by atoms with Gasteiger partial charge >= 0.3 is 0 Å². The first kappa shape index (κ1) is 10.9. The molecule has 0 saturated carbocycles. The Balaban J connectivity index is 0.000000461. The van der Waals surface area contributed by atoms with Gasteiger partial charge in [0.05, 0.1) is 5.60 Å². The smallest absolute Gasteiger partial charge is 0.0744 e. The Bertz CT molecular complexity index is 90.2. The van der Waals surface area contributed by atoms with Gasteiger partial charge < -0.3 is 10.4 Å². The van der Waals surface area contributed by atoms with Crippen molar-refractivity contribution in [1.29, 1.82) is 0 Å². The number of rotatable bonds is 1. The standard InChI is InChI=1S/C7H15NO.C2H6/c1-7(2,9)6-4-3-5-8-6;1-2/h6,8-9H,3-5H2,1-2H3;1-2H3. The van der Waals surface area contributed by atoms with Gasteiger partial charge in [-0.25, -0.2) is 0 Å². The fourth-order valence-corrected chi connectivity index (χ4v) is 1.29. The molecule has 2 heteroatoms. The second-order valence-electron chi connectivity index (χ2n) is 3.30. The van der Waals surface area contributed by atoms with E-state index >= 15 is 0 Å². The van der Waals surface area contributed by atoms with Crippen LogP contribution in [0.2, 0.25) is 0 Å². The first-order valence-electron chi connectivity index (χ1n) is 4.56. The molecule has 1 heterocycles. The highest BCUT2D eigenvalue weighted by atomic mass is 16.3. The maximum Gasteiger partial charge on any atom is 0.0744 e. The molecule has 0 radical (unpaired) electrons. The van der Waals surface area contributed by atoms with Crippen molar-refractivity contribution >= 4 is 0 Å². The summed E-state index contributed by atoms with van der Waals surface area (Å²) in [6.07, 6.45) is 2.32. The molecule has 1 atom stereocenters. The van der Waals surface area contributed by atoms with Crippen LogP contribution in [-0.2, 0) is 0 Å². The van der Waals surface area contributed by atoms with Gasteiger partial charge in [0.15, 0.2) is 0 Å². The van der Waals surface area contributed by atoms with Gasteiger partial charge in [0.1, 0.15) is 0 Å². The van der Waals surface area contributed by atoms with Crippen molar-refractivity contribution in [2.24, 2.45) is 0 Å². The molecule has 11 heavy (non-hydrogen) atoms. The lowest BCUT2D eigenvalue weighted by molar-refractivity contribution is 0.0449. The molecule has 0 aromatic carbocycles. The van der Waals surface area contributed by atoms with E-state index in [1.165, 1.54) is 6.42 Å². The average Bonchev–Trinajstić information content (AvgIpc) is 2.40. The highest BCUT2D eigenvalue weighted by Gasteiger charge is 2.28. The van der Waals surface area contributed by atoms with Crippen molar-refractivity contribution in [2.75, 3.05) is 6.54 Å². The Labute approximate surface area is 70.0 Å². The zero-order chi connectivity index (χ0) is 8.91. The van der Waals surface area contributed by atoms with E-state index in [-0.39, 0.29) is 0 Å². The van der Waals surface area contributed by atoms with E-state index in [2.05, 4.69) is 5.32 Å². The van der Waals surface area contributed by atoms with Crippen LogP contribution in [0.1, 0.15) is 40.5 Å². The topological polar surface area (TPSA) is 32.3 Å². The fraction of sp³-hybridized carbons (Fsp3) is 1.00. The van der Waals surface area contributed by atoms with Crippen molar-refractivity contribution in [2.45, 2.75) is 52.2 Å². The second-order valence-corrected chi connectivity index (χ2v) is 3.30. The van der Waals surface area contributed by atoms with Crippen molar-refractivity contribution in [3.8, 4) is 0 Å². The Morgan fingerprint density at radius 2 is 1.91 bits per heavy atom. The van der Waals surface area contributed by atoms with Crippen molar-refractivity contribution in [3.05, 3.63) is 0 Å². The molecule has 1 rings (SSSR count). The highest BCUT2D eigenvalue weighted by Crippen LogP contribution is 2.17. The molecular formula is C9H21NO. The van der Waals surface area contributed by atoms with Crippen LogP contribution >= 0.6 is 0 Å². The first-order chi connectivity index (χ1) is 5.11. The quantitative estimate of drug-likeness (QED) is 0.608. The number of hydrogen-bond acceptors (Lipinski definition) is 2. The minimum absolute atomic E-state index is 0.317. The number of hydrogen-bond donors (Lipinski definition) is 2. The normalized spacial score (nSPS) is 24.3.